The maximum atomic E-state index is 11.6. The smallest absolute Gasteiger partial charge is 0.261 e. The van der Waals surface area contributed by atoms with Crippen molar-refractivity contribution >= 4 is 33.0 Å². The molecule has 17 heavy (non-hydrogen) atoms. The fourth-order valence-corrected chi connectivity index (χ4v) is 2.44. The molecule has 4 N–H and O–H groups in total. The molecule has 0 atom stereocenters. The van der Waals surface area contributed by atoms with Gasteiger partial charge in [-0.1, -0.05) is 0 Å². The van der Waals surface area contributed by atoms with Gasteiger partial charge >= 0.3 is 0 Å². The van der Waals surface area contributed by atoms with Crippen molar-refractivity contribution in [3.63, 3.8) is 0 Å². The summed E-state index contributed by atoms with van der Waals surface area (Å²) in [6.07, 6.45) is 1.07. The zero-order valence-electron chi connectivity index (χ0n) is 9.61. The molecule has 0 saturated heterocycles. The van der Waals surface area contributed by atoms with Crippen molar-refractivity contribution < 1.29 is 13.2 Å². The molecule has 0 saturated carbocycles. The van der Waals surface area contributed by atoms with Gasteiger partial charge in [-0.15, -0.1) is 11.3 Å². The number of nitrogen functional groups attached to an aromatic ring is 1. The number of hydrogen-bond acceptors (Lipinski definition) is 5. The first-order chi connectivity index (χ1) is 7.79. The number of nitrogens with two attached hydrogens (primary N) is 1. The van der Waals surface area contributed by atoms with Gasteiger partial charge in [-0.2, -0.15) is 0 Å². The van der Waals surface area contributed by atoms with Crippen LogP contribution in [0.2, 0.25) is 0 Å². The highest BCUT2D eigenvalue weighted by Gasteiger charge is 2.10. The molecular weight excluding hydrogens is 262 g/mol. The third kappa shape index (κ3) is 4.72. The average Bonchev–Trinajstić information content (AvgIpc) is 2.52. The van der Waals surface area contributed by atoms with Crippen molar-refractivity contribution in [2.45, 2.75) is 6.92 Å². The van der Waals surface area contributed by atoms with Crippen LogP contribution in [0.1, 0.15) is 14.5 Å². The molecule has 0 bridgehead atoms. The first-order valence-corrected chi connectivity index (χ1v) is 7.59. The molecular formula is C9H15N3O3S2. The maximum Gasteiger partial charge on any atom is 0.261 e. The minimum Gasteiger partial charge on any atom is -0.398 e. The molecule has 0 unspecified atom stereocenters. The van der Waals surface area contributed by atoms with E-state index >= 15 is 0 Å². The number of nitrogens with one attached hydrogen (secondary N) is 2. The van der Waals surface area contributed by atoms with Crippen LogP contribution in [-0.4, -0.2) is 33.7 Å². The van der Waals surface area contributed by atoms with E-state index in [1.165, 1.54) is 11.3 Å². The van der Waals surface area contributed by atoms with Crippen molar-refractivity contribution in [1.82, 2.24) is 10.0 Å². The Kier molecular flexibility index (Phi) is 4.49. The quantitative estimate of drug-likeness (QED) is 0.655. The lowest BCUT2D eigenvalue weighted by atomic mass is 10.3. The Morgan fingerprint density at radius 2 is 2.12 bits per heavy atom. The molecule has 8 heteroatoms. The molecule has 0 aliphatic heterocycles. The van der Waals surface area contributed by atoms with Gasteiger partial charge in [-0.3, -0.25) is 4.79 Å². The third-order valence-corrected chi connectivity index (χ3v) is 3.75. The van der Waals surface area contributed by atoms with E-state index in [1.54, 1.807) is 6.07 Å². The van der Waals surface area contributed by atoms with E-state index in [0.29, 0.717) is 10.6 Å². The molecule has 0 fully saturated rings. The van der Waals surface area contributed by atoms with E-state index in [9.17, 15) is 13.2 Å². The normalized spacial score (nSPS) is 11.4. The van der Waals surface area contributed by atoms with Gasteiger partial charge in [0.15, 0.2) is 0 Å². The Morgan fingerprint density at radius 1 is 1.47 bits per heavy atom. The second-order valence-electron chi connectivity index (χ2n) is 3.54. The van der Waals surface area contributed by atoms with Crippen LogP contribution in [0.25, 0.3) is 0 Å². The minimum atomic E-state index is -3.21. The Labute approximate surface area is 104 Å². The topological polar surface area (TPSA) is 101 Å². The molecule has 1 aromatic rings. The summed E-state index contributed by atoms with van der Waals surface area (Å²) < 4.78 is 23.8. The van der Waals surface area contributed by atoms with Crippen LogP contribution < -0.4 is 15.8 Å². The Hall–Kier alpha value is -1.12. The molecule has 1 aromatic heterocycles. The Bertz CT molecular complexity index is 488. The number of amides is 1. The highest BCUT2D eigenvalue weighted by molar-refractivity contribution is 7.88. The van der Waals surface area contributed by atoms with Crippen LogP contribution in [0, 0.1) is 6.92 Å². The summed E-state index contributed by atoms with van der Waals surface area (Å²) in [6, 6.07) is 1.61. The molecule has 0 aliphatic carbocycles. The number of rotatable bonds is 5. The summed E-state index contributed by atoms with van der Waals surface area (Å²) in [7, 11) is -3.21. The van der Waals surface area contributed by atoms with Gasteiger partial charge < -0.3 is 11.1 Å². The molecule has 6 nitrogen and oxygen atoms in total. The second-order valence-corrected chi connectivity index (χ2v) is 6.63. The van der Waals surface area contributed by atoms with Gasteiger partial charge in [0, 0.05) is 23.7 Å². The predicted octanol–water partition coefficient (Wildman–Crippen LogP) is -0.0823. The fourth-order valence-electron chi connectivity index (χ4n) is 1.11. The summed E-state index contributed by atoms with van der Waals surface area (Å²) >= 11 is 1.31. The van der Waals surface area contributed by atoms with E-state index in [0.717, 1.165) is 11.1 Å². The number of carbonyl (C=O) groups is 1. The number of hydrogen-bond donors (Lipinski definition) is 3. The van der Waals surface area contributed by atoms with Gasteiger partial charge in [0.1, 0.15) is 0 Å². The summed E-state index contributed by atoms with van der Waals surface area (Å²) in [5, 5.41) is 2.60. The lowest BCUT2D eigenvalue weighted by molar-refractivity contribution is 0.0958. The molecule has 1 rings (SSSR count). The van der Waals surface area contributed by atoms with Crippen LogP contribution in [0.15, 0.2) is 6.07 Å². The largest absolute Gasteiger partial charge is 0.398 e. The van der Waals surface area contributed by atoms with Crippen LogP contribution in [-0.2, 0) is 10.0 Å². The summed E-state index contributed by atoms with van der Waals surface area (Å²) in [6.45, 7) is 2.25. The van der Waals surface area contributed by atoms with Crippen LogP contribution in [0.5, 0.6) is 0 Å². The lowest BCUT2D eigenvalue weighted by Gasteiger charge is -2.03. The molecule has 0 aliphatic rings. The summed E-state index contributed by atoms with van der Waals surface area (Å²) in [5.74, 6) is -0.245. The van der Waals surface area contributed by atoms with Crippen molar-refractivity contribution in [1.29, 1.82) is 0 Å². The van der Waals surface area contributed by atoms with Crippen molar-refractivity contribution in [2.75, 3.05) is 25.1 Å². The zero-order chi connectivity index (χ0) is 13.1. The lowest BCUT2D eigenvalue weighted by Crippen LogP contribution is -2.33. The molecule has 1 heterocycles. The number of carbonyl (C=O) groups excluding carboxylic acids is 1. The number of aryl methyl sites for hydroxylation is 1. The van der Waals surface area contributed by atoms with Crippen LogP contribution in [0.4, 0.5) is 5.69 Å². The van der Waals surface area contributed by atoms with Gasteiger partial charge in [0.2, 0.25) is 10.0 Å². The average molecular weight is 277 g/mol. The molecule has 0 radical (unpaired) electrons. The second kappa shape index (κ2) is 5.48. The first kappa shape index (κ1) is 13.9. The third-order valence-electron chi connectivity index (χ3n) is 1.95. The molecule has 0 aromatic carbocycles. The van der Waals surface area contributed by atoms with Gasteiger partial charge in [0.25, 0.3) is 5.91 Å². The van der Waals surface area contributed by atoms with Crippen molar-refractivity contribution in [3.8, 4) is 0 Å². The van der Waals surface area contributed by atoms with E-state index in [2.05, 4.69) is 10.0 Å². The van der Waals surface area contributed by atoms with Gasteiger partial charge in [-0.05, 0) is 13.0 Å². The van der Waals surface area contributed by atoms with Crippen LogP contribution >= 0.6 is 11.3 Å². The van der Waals surface area contributed by atoms with E-state index < -0.39 is 10.0 Å². The van der Waals surface area contributed by atoms with Crippen molar-refractivity contribution in [3.05, 3.63) is 15.8 Å². The number of sulfonamides is 1. The van der Waals surface area contributed by atoms with Crippen LogP contribution in [0.3, 0.4) is 0 Å². The first-order valence-electron chi connectivity index (χ1n) is 4.88. The maximum absolute atomic E-state index is 11.6. The standard InChI is InChI=1S/C9H15N3O3S2/c1-6-7(10)5-8(16-6)9(13)11-3-4-12-17(2,14)15/h5,12H,3-4,10H2,1-2H3,(H,11,13). The monoisotopic (exact) mass is 277 g/mol. The summed E-state index contributed by atoms with van der Waals surface area (Å²) in [4.78, 5) is 13.0. The van der Waals surface area contributed by atoms with E-state index in [1.807, 2.05) is 6.92 Å². The minimum absolute atomic E-state index is 0.171. The molecule has 96 valence electrons. The Morgan fingerprint density at radius 3 is 2.59 bits per heavy atom. The van der Waals surface area contributed by atoms with Crippen molar-refractivity contribution in [2.24, 2.45) is 0 Å². The fraction of sp³-hybridized carbons (Fsp3) is 0.444. The van der Waals surface area contributed by atoms with E-state index in [-0.39, 0.29) is 19.0 Å². The molecule has 0 spiro atoms. The van der Waals surface area contributed by atoms with Gasteiger partial charge in [0.05, 0.1) is 11.1 Å². The number of anilines is 1. The molecule has 1 amide bonds. The highest BCUT2D eigenvalue weighted by Crippen LogP contribution is 2.22. The zero-order valence-corrected chi connectivity index (χ0v) is 11.2. The van der Waals surface area contributed by atoms with E-state index in [4.69, 9.17) is 5.73 Å². The Balaban J connectivity index is 2.40. The van der Waals surface area contributed by atoms with Gasteiger partial charge in [-0.25, -0.2) is 13.1 Å². The highest BCUT2D eigenvalue weighted by atomic mass is 32.2. The summed E-state index contributed by atoms with van der Waals surface area (Å²) in [5.41, 5.74) is 6.22. The number of thiophene rings is 1. The predicted molar refractivity (Wildman–Crippen MR) is 68.6 cm³/mol. The SMILES string of the molecule is Cc1sc(C(=O)NCCNS(C)(=O)=O)cc1N.